The lowest BCUT2D eigenvalue weighted by molar-refractivity contribution is -0.131. The molecule has 0 saturated carbocycles. The van der Waals surface area contributed by atoms with Gasteiger partial charge >= 0.3 is 0 Å². The fourth-order valence-electron chi connectivity index (χ4n) is 2.34. The highest BCUT2D eigenvalue weighted by Gasteiger charge is 2.31. The number of rotatable bonds is 3. The van der Waals surface area contributed by atoms with Crippen LogP contribution in [-0.4, -0.2) is 37.0 Å². The third-order valence-corrected chi connectivity index (χ3v) is 2.87. The second-order valence-electron chi connectivity index (χ2n) is 5.68. The molecule has 0 aromatic rings. The van der Waals surface area contributed by atoms with Crippen molar-refractivity contribution in [2.45, 2.75) is 46.1 Å². The zero-order valence-electron chi connectivity index (χ0n) is 10.5. The van der Waals surface area contributed by atoms with Crippen LogP contribution in [0.3, 0.4) is 0 Å². The summed E-state index contributed by atoms with van der Waals surface area (Å²) < 4.78 is 0. The number of hydrogen-bond donors (Lipinski definition) is 1. The molecule has 0 radical (unpaired) electrons. The number of amides is 1. The maximum Gasteiger partial charge on any atom is 0.236 e. The van der Waals surface area contributed by atoms with Crippen LogP contribution in [0.25, 0.3) is 0 Å². The number of hydrogen-bond acceptors (Lipinski definition) is 2. The van der Waals surface area contributed by atoms with Gasteiger partial charge < -0.3 is 10.2 Å². The van der Waals surface area contributed by atoms with Gasteiger partial charge in [-0.3, -0.25) is 4.79 Å². The van der Waals surface area contributed by atoms with Crippen molar-refractivity contribution in [2.24, 2.45) is 5.41 Å². The van der Waals surface area contributed by atoms with Crippen LogP contribution in [-0.2, 0) is 4.79 Å². The summed E-state index contributed by atoms with van der Waals surface area (Å²) in [5.74, 6) is 0.254. The maximum absolute atomic E-state index is 11.8. The molecule has 0 bridgehead atoms. The van der Waals surface area contributed by atoms with Crippen LogP contribution >= 0.6 is 0 Å². The Balaban J connectivity index is 2.53. The van der Waals surface area contributed by atoms with Crippen molar-refractivity contribution in [3.63, 3.8) is 0 Å². The van der Waals surface area contributed by atoms with Crippen LogP contribution in [0, 0.1) is 5.41 Å². The van der Waals surface area contributed by atoms with Crippen LogP contribution in [0.4, 0.5) is 0 Å². The second-order valence-corrected chi connectivity index (χ2v) is 5.68. The minimum absolute atomic E-state index is 0.254. The van der Waals surface area contributed by atoms with Crippen molar-refractivity contribution in [2.75, 3.05) is 20.1 Å². The van der Waals surface area contributed by atoms with Crippen molar-refractivity contribution < 1.29 is 4.79 Å². The first-order valence-electron chi connectivity index (χ1n) is 5.88. The van der Waals surface area contributed by atoms with Gasteiger partial charge in [0.1, 0.15) is 0 Å². The van der Waals surface area contributed by atoms with E-state index in [4.69, 9.17) is 0 Å². The Morgan fingerprint density at radius 2 is 2.13 bits per heavy atom. The largest absolute Gasteiger partial charge is 0.339 e. The molecule has 0 aromatic heterocycles. The first-order chi connectivity index (χ1) is 6.94. The molecule has 1 fully saturated rings. The summed E-state index contributed by atoms with van der Waals surface area (Å²) in [5.41, 5.74) is 0.313. The molecule has 1 amide bonds. The lowest BCUT2D eigenvalue weighted by Crippen LogP contribution is -2.41. The fraction of sp³-hybridized carbons (Fsp3) is 0.917. The number of likely N-dealkylation sites (N-methyl/N-ethyl adjacent to an activating group) is 1. The molecule has 1 saturated heterocycles. The minimum atomic E-state index is 0.254. The van der Waals surface area contributed by atoms with Crippen LogP contribution in [0.15, 0.2) is 0 Å². The van der Waals surface area contributed by atoms with Gasteiger partial charge in [0, 0.05) is 12.6 Å². The van der Waals surface area contributed by atoms with Gasteiger partial charge in [-0.25, -0.2) is 0 Å². The van der Waals surface area contributed by atoms with Crippen LogP contribution in [0.5, 0.6) is 0 Å². The molecular formula is C12H24N2O. The first-order valence-corrected chi connectivity index (χ1v) is 5.88. The van der Waals surface area contributed by atoms with E-state index < -0.39 is 0 Å². The third-order valence-electron chi connectivity index (χ3n) is 2.87. The van der Waals surface area contributed by atoms with E-state index >= 15 is 0 Å². The summed E-state index contributed by atoms with van der Waals surface area (Å²) >= 11 is 0. The lowest BCUT2D eigenvalue weighted by Gasteiger charge is -2.30. The van der Waals surface area contributed by atoms with E-state index in [1.165, 1.54) is 6.42 Å². The third kappa shape index (κ3) is 3.82. The zero-order chi connectivity index (χ0) is 11.5. The zero-order valence-corrected chi connectivity index (χ0v) is 10.5. The van der Waals surface area contributed by atoms with Crippen molar-refractivity contribution in [1.29, 1.82) is 0 Å². The molecule has 3 heteroatoms. The van der Waals surface area contributed by atoms with Gasteiger partial charge in [0.25, 0.3) is 0 Å². The van der Waals surface area contributed by atoms with Crippen molar-refractivity contribution >= 4 is 5.91 Å². The molecule has 1 N–H and O–H groups in total. The van der Waals surface area contributed by atoms with Gasteiger partial charge in [-0.15, -0.1) is 0 Å². The van der Waals surface area contributed by atoms with Gasteiger partial charge in [-0.1, -0.05) is 20.8 Å². The van der Waals surface area contributed by atoms with E-state index in [0.717, 1.165) is 19.4 Å². The first kappa shape index (κ1) is 12.5. The number of carbonyl (C=O) groups excluding carboxylic acids is 1. The molecule has 3 nitrogen and oxygen atoms in total. The van der Waals surface area contributed by atoms with E-state index in [1.54, 1.807) is 0 Å². The standard InChI is InChI=1S/C12H24N2O/c1-12(2,3)8-10-6-5-7-14(10)11(15)9-13-4/h10,13H,5-9H2,1-4H3. The Kier molecular flexibility index (Phi) is 4.14. The van der Waals surface area contributed by atoms with Crippen molar-refractivity contribution in [3.8, 4) is 0 Å². The maximum atomic E-state index is 11.8. The number of nitrogens with zero attached hydrogens (tertiary/aromatic N) is 1. The number of carbonyl (C=O) groups is 1. The summed E-state index contributed by atoms with van der Waals surface area (Å²) in [5, 5.41) is 2.94. The average Bonchev–Trinajstić information content (AvgIpc) is 2.49. The van der Waals surface area contributed by atoms with E-state index in [0.29, 0.717) is 18.0 Å². The average molecular weight is 212 g/mol. The summed E-state index contributed by atoms with van der Waals surface area (Å²) in [6.07, 6.45) is 3.45. The molecular weight excluding hydrogens is 188 g/mol. The predicted molar refractivity (Wildman–Crippen MR) is 62.7 cm³/mol. The van der Waals surface area contributed by atoms with Gasteiger partial charge in [0.15, 0.2) is 0 Å². The molecule has 0 aromatic carbocycles. The Morgan fingerprint density at radius 3 is 2.67 bits per heavy atom. The smallest absolute Gasteiger partial charge is 0.236 e. The Labute approximate surface area is 93.2 Å². The molecule has 1 atom stereocenters. The highest BCUT2D eigenvalue weighted by atomic mass is 16.2. The summed E-state index contributed by atoms with van der Waals surface area (Å²) in [6, 6.07) is 0.464. The SMILES string of the molecule is CNCC(=O)N1CCCC1CC(C)(C)C. The van der Waals surface area contributed by atoms with Gasteiger partial charge in [-0.2, -0.15) is 0 Å². The molecule has 1 aliphatic rings. The quantitative estimate of drug-likeness (QED) is 0.771. The topological polar surface area (TPSA) is 32.3 Å². The molecule has 1 aliphatic heterocycles. The highest BCUT2D eigenvalue weighted by molar-refractivity contribution is 5.78. The number of nitrogens with one attached hydrogen (secondary N) is 1. The van der Waals surface area contributed by atoms with Crippen LogP contribution in [0.1, 0.15) is 40.0 Å². The van der Waals surface area contributed by atoms with Gasteiger partial charge in [-0.05, 0) is 31.7 Å². The lowest BCUT2D eigenvalue weighted by atomic mass is 9.87. The van der Waals surface area contributed by atoms with Crippen LogP contribution in [0.2, 0.25) is 0 Å². The Hall–Kier alpha value is -0.570. The fourth-order valence-corrected chi connectivity index (χ4v) is 2.34. The minimum Gasteiger partial charge on any atom is -0.339 e. The van der Waals surface area contributed by atoms with Crippen molar-refractivity contribution in [1.82, 2.24) is 10.2 Å². The summed E-state index contributed by atoms with van der Waals surface area (Å²) in [6.45, 7) is 8.14. The molecule has 0 spiro atoms. The molecule has 1 heterocycles. The molecule has 0 aliphatic carbocycles. The normalized spacial score (nSPS) is 22.1. The molecule has 1 rings (SSSR count). The second kappa shape index (κ2) is 4.97. The Bertz CT molecular complexity index is 220. The van der Waals surface area contributed by atoms with Gasteiger partial charge in [0.05, 0.1) is 6.54 Å². The number of likely N-dealkylation sites (tertiary alicyclic amines) is 1. The Morgan fingerprint density at radius 1 is 1.47 bits per heavy atom. The van der Waals surface area contributed by atoms with Gasteiger partial charge in [0.2, 0.25) is 5.91 Å². The summed E-state index contributed by atoms with van der Waals surface area (Å²) in [7, 11) is 1.83. The van der Waals surface area contributed by atoms with E-state index in [9.17, 15) is 4.79 Å². The molecule has 15 heavy (non-hydrogen) atoms. The van der Waals surface area contributed by atoms with Crippen molar-refractivity contribution in [3.05, 3.63) is 0 Å². The van der Waals surface area contributed by atoms with E-state index in [2.05, 4.69) is 31.0 Å². The summed E-state index contributed by atoms with van der Waals surface area (Å²) in [4.78, 5) is 13.9. The van der Waals surface area contributed by atoms with E-state index in [-0.39, 0.29) is 5.91 Å². The predicted octanol–water partition coefficient (Wildman–Crippen LogP) is 1.63. The molecule has 1 unspecified atom stereocenters. The van der Waals surface area contributed by atoms with Crippen LogP contribution < -0.4 is 5.32 Å². The van der Waals surface area contributed by atoms with E-state index in [1.807, 2.05) is 7.05 Å². The monoisotopic (exact) mass is 212 g/mol. The molecule has 88 valence electrons. The highest BCUT2D eigenvalue weighted by Crippen LogP contribution is 2.29.